The van der Waals surface area contributed by atoms with Crippen LogP contribution in [0.5, 0.6) is 0 Å². The van der Waals surface area contributed by atoms with E-state index < -0.39 is 21.7 Å². The van der Waals surface area contributed by atoms with Crippen molar-refractivity contribution >= 4 is 15.9 Å². The fourth-order valence-corrected chi connectivity index (χ4v) is 4.39. The monoisotopic (exact) mass is 418 g/mol. The summed E-state index contributed by atoms with van der Waals surface area (Å²) in [6, 6.07) is 12.0. The quantitative estimate of drug-likeness (QED) is 0.750. The zero-order valence-corrected chi connectivity index (χ0v) is 17.6. The Morgan fingerprint density at radius 3 is 2.52 bits per heavy atom. The number of hydrogen-bond donors (Lipinski definition) is 1. The minimum Gasteiger partial charge on any atom is -0.348 e. The Labute approximate surface area is 172 Å². The molecule has 1 amide bonds. The molecule has 0 fully saturated rings. The summed E-state index contributed by atoms with van der Waals surface area (Å²) in [5.41, 5.74) is 3.92. The van der Waals surface area contributed by atoms with Gasteiger partial charge in [0.1, 0.15) is 5.82 Å². The molecular formula is C22H27FN2O3S. The lowest BCUT2D eigenvalue weighted by molar-refractivity contribution is -0.122. The minimum atomic E-state index is -3.68. The largest absolute Gasteiger partial charge is 0.348 e. The van der Waals surface area contributed by atoms with E-state index >= 15 is 0 Å². The summed E-state index contributed by atoms with van der Waals surface area (Å²) < 4.78 is 39.2. The molecule has 7 heteroatoms. The number of fused-ring (bicyclic) bond motifs is 1. The van der Waals surface area contributed by atoms with Gasteiger partial charge in [0.2, 0.25) is 15.9 Å². The van der Waals surface area contributed by atoms with Crippen LogP contribution in [-0.2, 0) is 34.2 Å². The highest BCUT2D eigenvalue weighted by Gasteiger charge is 2.23. The summed E-state index contributed by atoms with van der Waals surface area (Å²) in [6.07, 6.45) is 5.55. The van der Waals surface area contributed by atoms with Crippen LogP contribution in [0.3, 0.4) is 0 Å². The van der Waals surface area contributed by atoms with Crippen LogP contribution in [0, 0.1) is 5.82 Å². The van der Waals surface area contributed by atoms with E-state index in [9.17, 15) is 17.6 Å². The lowest BCUT2D eigenvalue weighted by atomic mass is 9.89. The van der Waals surface area contributed by atoms with Crippen molar-refractivity contribution in [3.05, 3.63) is 70.5 Å². The number of amides is 1. The van der Waals surface area contributed by atoms with E-state index in [1.807, 2.05) is 13.0 Å². The first kappa shape index (κ1) is 21.5. The molecule has 29 heavy (non-hydrogen) atoms. The van der Waals surface area contributed by atoms with E-state index in [0.29, 0.717) is 0 Å². The van der Waals surface area contributed by atoms with Gasteiger partial charge in [-0.05, 0) is 55.4 Å². The molecule has 2 aromatic rings. The number of carbonyl (C=O) groups excluding carboxylic acids is 1. The number of sulfonamides is 1. The first-order valence-corrected chi connectivity index (χ1v) is 11.7. The van der Waals surface area contributed by atoms with Crippen molar-refractivity contribution in [1.82, 2.24) is 9.62 Å². The van der Waals surface area contributed by atoms with Crippen molar-refractivity contribution < 1.29 is 17.6 Å². The van der Waals surface area contributed by atoms with E-state index in [0.717, 1.165) is 29.0 Å². The third-order valence-corrected chi connectivity index (χ3v) is 6.54. The van der Waals surface area contributed by atoms with Gasteiger partial charge in [-0.15, -0.1) is 0 Å². The number of aryl methyl sites for hydroxylation is 2. The molecule has 0 aliphatic heterocycles. The molecule has 0 saturated carbocycles. The van der Waals surface area contributed by atoms with E-state index in [-0.39, 0.29) is 24.7 Å². The first-order chi connectivity index (χ1) is 13.7. The van der Waals surface area contributed by atoms with Crippen LogP contribution in [0.15, 0.2) is 42.5 Å². The summed E-state index contributed by atoms with van der Waals surface area (Å²) in [4.78, 5) is 12.5. The fraction of sp³-hybridized carbons (Fsp3) is 0.409. The van der Waals surface area contributed by atoms with Gasteiger partial charge in [-0.25, -0.2) is 12.8 Å². The lowest BCUT2D eigenvalue weighted by Crippen LogP contribution is -2.40. The number of carbonyl (C=O) groups is 1. The molecule has 0 spiro atoms. The minimum absolute atomic E-state index is 0.188. The predicted molar refractivity (Wildman–Crippen MR) is 111 cm³/mol. The predicted octanol–water partition coefficient (Wildman–Crippen LogP) is 3.34. The summed E-state index contributed by atoms with van der Waals surface area (Å²) in [6.45, 7) is 1.33. The number of rotatable bonds is 7. The summed E-state index contributed by atoms with van der Waals surface area (Å²) in [5.74, 6) is -0.916. The molecule has 2 aromatic carbocycles. The van der Waals surface area contributed by atoms with Gasteiger partial charge in [-0.2, -0.15) is 4.31 Å². The van der Waals surface area contributed by atoms with Gasteiger partial charge in [-0.1, -0.05) is 36.4 Å². The highest BCUT2D eigenvalue weighted by molar-refractivity contribution is 7.88. The molecular weight excluding hydrogens is 391 g/mol. The maximum absolute atomic E-state index is 13.9. The maximum Gasteiger partial charge on any atom is 0.235 e. The molecule has 0 saturated heterocycles. The van der Waals surface area contributed by atoms with Gasteiger partial charge in [0, 0.05) is 12.1 Å². The van der Waals surface area contributed by atoms with Gasteiger partial charge in [0.25, 0.3) is 0 Å². The number of nitrogens with one attached hydrogen (secondary N) is 1. The molecule has 1 unspecified atom stereocenters. The number of halogens is 1. The van der Waals surface area contributed by atoms with E-state index in [2.05, 4.69) is 17.4 Å². The number of nitrogens with zero attached hydrogens (tertiary/aromatic N) is 1. The molecule has 3 rings (SSSR count). The van der Waals surface area contributed by atoms with Crippen LogP contribution < -0.4 is 5.32 Å². The van der Waals surface area contributed by atoms with Crippen molar-refractivity contribution in [3.63, 3.8) is 0 Å². The topological polar surface area (TPSA) is 66.5 Å². The van der Waals surface area contributed by atoms with Crippen molar-refractivity contribution in [2.75, 3.05) is 12.8 Å². The normalized spacial score (nSPS) is 15.0. The Morgan fingerprint density at radius 1 is 1.14 bits per heavy atom. The highest BCUT2D eigenvalue weighted by atomic mass is 32.2. The van der Waals surface area contributed by atoms with Crippen LogP contribution in [-0.4, -0.2) is 31.4 Å². The highest BCUT2D eigenvalue weighted by Crippen LogP contribution is 2.24. The molecule has 1 atom stereocenters. The molecule has 1 N–H and O–H groups in total. The Hall–Kier alpha value is -2.25. The van der Waals surface area contributed by atoms with Crippen molar-refractivity contribution in [1.29, 1.82) is 0 Å². The Kier molecular flexibility index (Phi) is 6.70. The third-order valence-electron chi connectivity index (χ3n) is 5.34. The van der Waals surface area contributed by atoms with Gasteiger partial charge in [-0.3, -0.25) is 4.79 Å². The average molecular weight is 419 g/mol. The van der Waals surface area contributed by atoms with E-state index in [1.165, 1.54) is 42.2 Å². The van der Waals surface area contributed by atoms with Crippen molar-refractivity contribution in [3.8, 4) is 0 Å². The summed E-state index contributed by atoms with van der Waals surface area (Å²) in [7, 11) is -3.68. The summed E-state index contributed by atoms with van der Waals surface area (Å²) in [5, 5.41) is 2.87. The Bertz CT molecular complexity index is 991. The average Bonchev–Trinajstić information content (AvgIpc) is 2.68. The molecule has 0 radical (unpaired) electrons. The molecule has 5 nitrogen and oxygen atoms in total. The standard InChI is InChI=1S/C22H27FN2O3S/c1-16(18-12-11-17-7-3-4-8-19(17)13-18)24-22(26)15-25(29(2,27)28)14-20-9-5-6-10-21(20)23/h5-6,9-13,16H,3-4,7-8,14-15H2,1-2H3,(H,24,26). The third kappa shape index (κ3) is 5.64. The SMILES string of the molecule is CC(NC(=O)CN(Cc1ccccc1F)S(C)(=O)=O)c1ccc2c(c1)CCCC2. The Balaban J connectivity index is 1.67. The second-order valence-corrected chi connectivity index (χ2v) is 9.63. The summed E-state index contributed by atoms with van der Waals surface area (Å²) >= 11 is 0. The van der Waals surface area contributed by atoms with Crippen molar-refractivity contribution in [2.24, 2.45) is 0 Å². The van der Waals surface area contributed by atoms with Gasteiger partial charge >= 0.3 is 0 Å². The smallest absolute Gasteiger partial charge is 0.235 e. The second kappa shape index (κ2) is 9.05. The molecule has 0 aromatic heterocycles. The van der Waals surface area contributed by atoms with Crippen LogP contribution in [0.2, 0.25) is 0 Å². The fourth-order valence-electron chi connectivity index (χ4n) is 3.66. The molecule has 0 bridgehead atoms. The number of hydrogen-bond acceptors (Lipinski definition) is 3. The molecule has 1 aliphatic rings. The van der Waals surface area contributed by atoms with Crippen molar-refractivity contribution in [2.45, 2.75) is 45.2 Å². The van der Waals surface area contributed by atoms with Crippen LogP contribution >= 0.6 is 0 Å². The molecule has 1 aliphatic carbocycles. The maximum atomic E-state index is 13.9. The van der Waals surface area contributed by atoms with Gasteiger partial charge in [0.05, 0.1) is 18.8 Å². The van der Waals surface area contributed by atoms with Gasteiger partial charge < -0.3 is 5.32 Å². The second-order valence-electron chi connectivity index (χ2n) is 7.65. The van der Waals surface area contributed by atoms with E-state index in [4.69, 9.17) is 0 Å². The van der Waals surface area contributed by atoms with Crippen LogP contribution in [0.25, 0.3) is 0 Å². The number of benzene rings is 2. The van der Waals surface area contributed by atoms with Crippen LogP contribution in [0.1, 0.15) is 48.1 Å². The van der Waals surface area contributed by atoms with Crippen LogP contribution in [0.4, 0.5) is 4.39 Å². The van der Waals surface area contributed by atoms with Gasteiger partial charge in [0.15, 0.2) is 0 Å². The lowest BCUT2D eigenvalue weighted by Gasteiger charge is -2.23. The molecule has 156 valence electrons. The van der Waals surface area contributed by atoms with E-state index in [1.54, 1.807) is 6.07 Å². The Morgan fingerprint density at radius 2 is 1.83 bits per heavy atom. The first-order valence-electron chi connectivity index (χ1n) is 9.83. The molecule has 0 heterocycles. The zero-order valence-electron chi connectivity index (χ0n) is 16.8. The zero-order chi connectivity index (χ0) is 21.0.